The van der Waals surface area contributed by atoms with E-state index in [2.05, 4.69) is 34.6 Å². The Bertz CT molecular complexity index is 827. The Hall–Kier alpha value is -2.66. The molecule has 0 bridgehead atoms. The van der Waals surface area contributed by atoms with E-state index < -0.39 is 0 Å². The number of nitrogens with one attached hydrogen (secondary N) is 2. The summed E-state index contributed by atoms with van der Waals surface area (Å²) in [6.45, 7) is 6.69. The minimum Gasteiger partial charge on any atom is -0.356 e. The summed E-state index contributed by atoms with van der Waals surface area (Å²) in [7, 11) is 0. The van der Waals surface area contributed by atoms with E-state index in [1.54, 1.807) is 0 Å². The Kier molecular flexibility index (Phi) is 7.42. The van der Waals surface area contributed by atoms with Crippen molar-refractivity contribution >= 4 is 17.5 Å². The molecule has 2 aromatic carbocycles. The van der Waals surface area contributed by atoms with Crippen LogP contribution in [0.4, 0.5) is 5.69 Å². The first kappa shape index (κ1) is 21.1. The van der Waals surface area contributed by atoms with Gasteiger partial charge in [-0.1, -0.05) is 36.4 Å². The van der Waals surface area contributed by atoms with Crippen LogP contribution >= 0.6 is 0 Å². The lowest BCUT2D eigenvalue weighted by Gasteiger charge is -2.30. The molecule has 0 aliphatic carbocycles. The van der Waals surface area contributed by atoms with Crippen molar-refractivity contribution in [1.82, 2.24) is 10.2 Å². The van der Waals surface area contributed by atoms with Crippen molar-refractivity contribution in [3.63, 3.8) is 0 Å². The number of aryl methyl sites for hydroxylation is 2. The van der Waals surface area contributed by atoms with Gasteiger partial charge in [-0.2, -0.15) is 0 Å². The fourth-order valence-corrected chi connectivity index (χ4v) is 3.70. The highest BCUT2D eigenvalue weighted by Gasteiger charge is 2.25. The van der Waals surface area contributed by atoms with Gasteiger partial charge in [0.25, 0.3) is 0 Å². The zero-order valence-electron chi connectivity index (χ0n) is 17.4. The van der Waals surface area contributed by atoms with Gasteiger partial charge in [0, 0.05) is 18.2 Å². The van der Waals surface area contributed by atoms with Gasteiger partial charge in [0.15, 0.2) is 0 Å². The molecule has 0 saturated carbocycles. The van der Waals surface area contributed by atoms with Crippen LogP contribution in [0.1, 0.15) is 29.5 Å². The molecule has 1 saturated heterocycles. The molecule has 0 spiro atoms. The van der Waals surface area contributed by atoms with Crippen molar-refractivity contribution in [1.29, 1.82) is 0 Å². The number of likely N-dealkylation sites (tertiary alicyclic amines) is 1. The van der Waals surface area contributed by atoms with Crippen LogP contribution < -0.4 is 10.6 Å². The van der Waals surface area contributed by atoms with E-state index >= 15 is 0 Å². The van der Waals surface area contributed by atoms with Gasteiger partial charge in [-0.15, -0.1) is 0 Å². The molecule has 2 amide bonds. The number of hydrogen-bond acceptors (Lipinski definition) is 3. The maximum atomic E-state index is 12.4. The lowest BCUT2D eigenvalue weighted by Crippen LogP contribution is -2.43. The van der Waals surface area contributed by atoms with Crippen molar-refractivity contribution in [2.75, 3.05) is 31.5 Å². The van der Waals surface area contributed by atoms with E-state index in [-0.39, 0.29) is 17.7 Å². The second-order valence-electron chi connectivity index (χ2n) is 7.92. The number of carbonyl (C=O) groups excluding carboxylic acids is 2. The fourth-order valence-electron chi connectivity index (χ4n) is 3.70. The van der Waals surface area contributed by atoms with E-state index in [0.717, 1.165) is 38.0 Å². The summed E-state index contributed by atoms with van der Waals surface area (Å²) in [5, 5.41) is 6.04. The standard InChI is InChI=1S/C24H31N3O2/c1-18-8-9-22(16-19(18)2)26-23(28)17-27-14-11-21(12-15-27)24(29)25-13-10-20-6-4-3-5-7-20/h3-9,16,21H,10-15,17H2,1-2H3,(H,25,29)(H,26,28). The number of nitrogens with zero attached hydrogens (tertiary/aromatic N) is 1. The van der Waals surface area contributed by atoms with Crippen molar-refractivity contribution in [2.24, 2.45) is 5.92 Å². The molecular formula is C24H31N3O2. The summed E-state index contributed by atoms with van der Waals surface area (Å²) in [6.07, 6.45) is 2.45. The first-order valence-electron chi connectivity index (χ1n) is 10.4. The van der Waals surface area contributed by atoms with Crippen LogP contribution in [-0.4, -0.2) is 42.9 Å². The topological polar surface area (TPSA) is 61.4 Å². The Morgan fingerprint density at radius 3 is 2.41 bits per heavy atom. The molecular weight excluding hydrogens is 362 g/mol. The average Bonchev–Trinajstić information content (AvgIpc) is 2.72. The summed E-state index contributed by atoms with van der Waals surface area (Å²) >= 11 is 0. The molecule has 1 aliphatic rings. The maximum Gasteiger partial charge on any atom is 0.238 e. The minimum absolute atomic E-state index is 0.000911. The summed E-state index contributed by atoms with van der Waals surface area (Å²) in [6, 6.07) is 16.1. The molecule has 1 heterocycles. The fraction of sp³-hybridized carbons (Fsp3) is 0.417. The van der Waals surface area contributed by atoms with Gasteiger partial charge in [0.05, 0.1) is 6.54 Å². The van der Waals surface area contributed by atoms with Crippen LogP contribution in [0.2, 0.25) is 0 Å². The molecule has 1 aliphatic heterocycles. The predicted molar refractivity (Wildman–Crippen MR) is 117 cm³/mol. The SMILES string of the molecule is Cc1ccc(NC(=O)CN2CCC(C(=O)NCCc3ccccc3)CC2)cc1C. The lowest BCUT2D eigenvalue weighted by atomic mass is 9.96. The highest BCUT2D eigenvalue weighted by molar-refractivity contribution is 5.92. The molecule has 1 fully saturated rings. The number of anilines is 1. The molecule has 2 N–H and O–H groups in total. The molecule has 5 nitrogen and oxygen atoms in total. The van der Waals surface area contributed by atoms with Gasteiger partial charge in [0.1, 0.15) is 0 Å². The largest absolute Gasteiger partial charge is 0.356 e. The molecule has 3 rings (SSSR count). The quantitative estimate of drug-likeness (QED) is 0.759. The molecule has 154 valence electrons. The van der Waals surface area contributed by atoms with Gasteiger partial charge in [-0.3, -0.25) is 14.5 Å². The van der Waals surface area contributed by atoms with Crippen LogP contribution in [0.5, 0.6) is 0 Å². The van der Waals surface area contributed by atoms with Gasteiger partial charge in [-0.25, -0.2) is 0 Å². The van der Waals surface area contributed by atoms with Crippen LogP contribution in [0.15, 0.2) is 48.5 Å². The number of carbonyl (C=O) groups is 2. The van der Waals surface area contributed by atoms with E-state index in [0.29, 0.717) is 13.1 Å². The Morgan fingerprint density at radius 1 is 1.00 bits per heavy atom. The maximum absolute atomic E-state index is 12.4. The molecule has 2 aromatic rings. The molecule has 5 heteroatoms. The number of rotatable bonds is 7. The smallest absolute Gasteiger partial charge is 0.238 e. The number of hydrogen-bond donors (Lipinski definition) is 2. The van der Waals surface area contributed by atoms with E-state index in [4.69, 9.17) is 0 Å². The summed E-state index contributed by atoms with van der Waals surface area (Å²) in [4.78, 5) is 26.9. The number of piperidine rings is 1. The predicted octanol–water partition coefficient (Wildman–Crippen LogP) is 3.31. The minimum atomic E-state index is -0.000911. The first-order valence-corrected chi connectivity index (χ1v) is 10.4. The third kappa shape index (κ3) is 6.43. The lowest BCUT2D eigenvalue weighted by molar-refractivity contribution is -0.126. The van der Waals surface area contributed by atoms with Crippen molar-refractivity contribution in [2.45, 2.75) is 33.1 Å². The zero-order valence-corrected chi connectivity index (χ0v) is 17.4. The van der Waals surface area contributed by atoms with Crippen LogP contribution in [0.25, 0.3) is 0 Å². The van der Waals surface area contributed by atoms with Crippen molar-refractivity contribution < 1.29 is 9.59 Å². The van der Waals surface area contributed by atoms with Gasteiger partial charge >= 0.3 is 0 Å². The Balaban J connectivity index is 1.36. The number of amides is 2. The molecule has 0 atom stereocenters. The van der Waals surface area contributed by atoms with E-state index in [9.17, 15) is 9.59 Å². The van der Waals surface area contributed by atoms with Gasteiger partial charge in [-0.05, 0) is 75.0 Å². The van der Waals surface area contributed by atoms with Crippen LogP contribution in [0.3, 0.4) is 0 Å². The molecule has 0 aromatic heterocycles. The molecule has 0 unspecified atom stereocenters. The summed E-state index contributed by atoms with van der Waals surface area (Å²) in [5.74, 6) is 0.184. The first-order chi connectivity index (χ1) is 14.0. The van der Waals surface area contributed by atoms with E-state index in [1.165, 1.54) is 16.7 Å². The monoisotopic (exact) mass is 393 g/mol. The highest BCUT2D eigenvalue weighted by Crippen LogP contribution is 2.18. The third-order valence-corrected chi connectivity index (χ3v) is 5.67. The second kappa shape index (κ2) is 10.2. The van der Waals surface area contributed by atoms with Crippen LogP contribution in [0, 0.1) is 19.8 Å². The zero-order chi connectivity index (χ0) is 20.6. The summed E-state index contributed by atoms with van der Waals surface area (Å²) < 4.78 is 0. The third-order valence-electron chi connectivity index (χ3n) is 5.67. The van der Waals surface area contributed by atoms with Gasteiger partial charge < -0.3 is 10.6 Å². The molecule has 0 radical (unpaired) electrons. The highest BCUT2D eigenvalue weighted by atomic mass is 16.2. The normalized spacial score (nSPS) is 15.1. The van der Waals surface area contributed by atoms with Crippen molar-refractivity contribution in [3.05, 3.63) is 65.2 Å². The Morgan fingerprint density at radius 2 is 1.72 bits per heavy atom. The average molecular weight is 394 g/mol. The summed E-state index contributed by atoms with van der Waals surface area (Å²) in [5.41, 5.74) is 4.46. The van der Waals surface area contributed by atoms with Crippen molar-refractivity contribution in [3.8, 4) is 0 Å². The number of benzene rings is 2. The van der Waals surface area contributed by atoms with E-state index in [1.807, 2.05) is 43.3 Å². The molecule has 29 heavy (non-hydrogen) atoms. The second-order valence-corrected chi connectivity index (χ2v) is 7.92. The Labute approximate surface area is 173 Å². The van der Waals surface area contributed by atoms with Crippen LogP contribution in [-0.2, 0) is 16.0 Å². The van der Waals surface area contributed by atoms with Gasteiger partial charge in [0.2, 0.25) is 11.8 Å².